The molecular formula is C12H23NO2. The summed E-state index contributed by atoms with van der Waals surface area (Å²) in [5.74, 6) is 0.654. The summed E-state index contributed by atoms with van der Waals surface area (Å²) in [5, 5.41) is 12.6. The molecule has 1 aliphatic carbocycles. The first kappa shape index (κ1) is 12.5. The number of rotatable bonds is 4. The van der Waals surface area contributed by atoms with Crippen LogP contribution in [0, 0.1) is 5.92 Å². The standard InChI is InChI=1S/C12H23NO2/c1-9(2)7-8-12(15)13-10-5-3-4-6-11(10)14/h9-11,14H,3-8H2,1-2H3,(H,13,15)/t10-,11-/m1/s1. The Bertz CT molecular complexity index is 204. The van der Waals surface area contributed by atoms with Gasteiger partial charge in [-0.05, 0) is 25.2 Å². The average Bonchev–Trinajstić information content (AvgIpc) is 2.18. The molecule has 1 fully saturated rings. The van der Waals surface area contributed by atoms with E-state index in [0.29, 0.717) is 12.3 Å². The lowest BCUT2D eigenvalue weighted by Gasteiger charge is -2.28. The molecule has 0 unspecified atom stereocenters. The van der Waals surface area contributed by atoms with Crippen LogP contribution in [0.1, 0.15) is 52.4 Å². The average molecular weight is 213 g/mol. The maximum absolute atomic E-state index is 11.5. The van der Waals surface area contributed by atoms with E-state index in [1.165, 1.54) is 0 Å². The van der Waals surface area contributed by atoms with E-state index in [9.17, 15) is 9.90 Å². The van der Waals surface area contributed by atoms with Gasteiger partial charge in [-0.2, -0.15) is 0 Å². The number of hydrogen-bond acceptors (Lipinski definition) is 2. The molecule has 0 bridgehead atoms. The summed E-state index contributed by atoms with van der Waals surface area (Å²) in [4.78, 5) is 11.5. The highest BCUT2D eigenvalue weighted by Gasteiger charge is 2.24. The summed E-state index contributed by atoms with van der Waals surface area (Å²) in [6.45, 7) is 4.23. The predicted molar refractivity (Wildman–Crippen MR) is 60.5 cm³/mol. The lowest BCUT2D eigenvalue weighted by Crippen LogP contribution is -2.45. The van der Waals surface area contributed by atoms with Crippen LogP contribution in [-0.2, 0) is 4.79 Å². The number of aliphatic hydroxyl groups excluding tert-OH is 1. The number of hydrogen-bond donors (Lipinski definition) is 2. The molecule has 0 aromatic carbocycles. The van der Waals surface area contributed by atoms with Crippen molar-refractivity contribution in [1.82, 2.24) is 5.32 Å². The molecule has 0 radical (unpaired) electrons. The van der Waals surface area contributed by atoms with Crippen LogP contribution in [0.3, 0.4) is 0 Å². The molecule has 88 valence electrons. The Kier molecular flexibility index (Phi) is 5.09. The molecule has 3 heteroatoms. The second-order valence-electron chi connectivity index (χ2n) is 4.96. The van der Waals surface area contributed by atoms with Crippen LogP contribution in [0.4, 0.5) is 0 Å². The largest absolute Gasteiger partial charge is 0.391 e. The normalized spacial score (nSPS) is 26.7. The van der Waals surface area contributed by atoms with Crippen molar-refractivity contribution in [2.24, 2.45) is 5.92 Å². The monoisotopic (exact) mass is 213 g/mol. The smallest absolute Gasteiger partial charge is 0.220 e. The summed E-state index contributed by atoms with van der Waals surface area (Å²) in [7, 11) is 0. The third-order valence-corrected chi connectivity index (χ3v) is 3.02. The minimum atomic E-state index is -0.332. The van der Waals surface area contributed by atoms with Gasteiger partial charge in [-0.15, -0.1) is 0 Å². The zero-order chi connectivity index (χ0) is 11.3. The topological polar surface area (TPSA) is 49.3 Å². The molecular weight excluding hydrogens is 190 g/mol. The van der Waals surface area contributed by atoms with Crippen molar-refractivity contribution < 1.29 is 9.90 Å². The maximum Gasteiger partial charge on any atom is 0.220 e. The molecule has 0 aromatic heterocycles. The minimum absolute atomic E-state index is 0.00147. The molecule has 1 rings (SSSR count). The molecule has 0 spiro atoms. The van der Waals surface area contributed by atoms with Gasteiger partial charge in [-0.1, -0.05) is 26.7 Å². The Morgan fingerprint density at radius 1 is 1.40 bits per heavy atom. The van der Waals surface area contributed by atoms with E-state index in [1.54, 1.807) is 0 Å². The van der Waals surface area contributed by atoms with Crippen LogP contribution >= 0.6 is 0 Å². The number of carbonyl (C=O) groups excluding carboxylic acids is 1. The molecule has 15 heavy (non-hydrogen) atoms. The fourth-order valence-electron chi connectivity index (χ4n) is 1.98. The predicted octanol–water partition coefficient (Wildman–Crippen LogP) is 1.84. The van der Waals surface area contributed by atoms with Crippen molar-refractivity contribution in [3.8, 4) is 0 Å². The van der Waals surface area contributed by atoms with Gasteiger partial charge in [0, 0.05) is 6.42 Å². The molecule has 0 saturated heterocycles. The fraction of sp³-hybridized carbons (Fsp3) is 0.917. The van der Waals surface area contributed by atoms with E-state index in [2.05, 4.69) is 19.2 Å². The quantitative estimate of drug-likeness (QED) is 0.748. The van der Waals surface area contributed by atoms with Crippen molar-refractivity contribution in [3.05, 3.63) is 0 Å². The minimum Gasteiger partial charge on any atom is -0.391 e. The van der Waals surface area contributed by atoms with Gasteiger partial charge in [0.15, 0.2) is 0 Å². The molecule has 2 atom stereocenters. The first-order valence-electron chi connectivity index (χ1n) is 6.07. The number of aliphatic hydroxyl groups is 1. The van der Waals surface area contributed by atoms with Gasteiger partial charge in [0.25, 0.3) is 0 Å². The fourth-order valence-corrected chi connectivity index (χ4v) is 1.98. The molecule has 3 nitrogen and oxygen atoms in total. The number of carbonyl (C=O) groups is 1. The third kappa shape index (κ3) is 4.65. The molecule has 1 saturated carbocycles. The Labute approximate surface area is 92.3 Å². The Hall–Kier alpha value is -0.570. The van der Waals surface area contributed by atoms with Gasteiger partial charge in [0.05, 0.1) is 12.1 Å². The van der Waals surface area contributed by atoms with Crippen LogP contribution in [0.15, 0.2) is 0 Å². The third-order valence-electron chi connectivity index (χ3n) is 3.02. The van der Waals surface area contributed by atoms with E-state index in [0.717, 1.165) is 32.1 Å². The van der Waals surface area contributed by atoms with Gasteiger partial charge in [0.2, 0.25) is 5.91 Å². The van der Waals surface area contributed by atoms with E-state index in [-0.39, 0.29) is 18.1 Å². The zero-order valence-electron chi connectivity index (χ0n) is 9.83. The summed E-state index contributed by atoms with van der Waals surface area (Å²) in [6, 6.07) is -0.00147. The lowest BCUT2D eigenvalue weighted by molar-refractivity contribution is -0.123. The van der Waals surface area contributed by atoms with E-state index in [4.69, 9.17) is 0 Å². The first-order chi connectivity index (χ1) is 7.09. The highest BCUT2D eigenvalue weighted by molar-refractivity contribution is 5.76. The van der Waals surface area contributed by atoms with E-state index in [1.807, 2.05) is 0 Å². The Morgan fingerprint density at radius 3 is 2.67 bits per heavy atom. The van der Waals surface area contributed by atoms with E-state index >= 15 is 0 Å². The van der Waals surface area contributed by atoms with Gasteiger partial charge < -0.3 is 10.4 Å². The van der Waals surface area contributed by atoms with Crippen molar-refractivity contribution in [3.63, 3.8) is 0 Å². The zero-order valence-corrected chi connectivity index (χ0v) is 9.83. The molecule has 0 heterocycles. The van der Waals surface area contributed by atoms with Crippen LogP contribution in [0.2, 0.25) is 0 Å². The summed E-state index contributed by atoms with van der Waals surface area (Å²) < 4.78 is 0. The summed E-state index contributed by atoms with van der Waals surface area (Å²) in [5.41, 5.74) is 0. The number of amides is 1. The van der Waals surface area contributed by atoms with Crippen LogP contribution < -0.4 is 5.32 Å². The van der Waals surface area contributed by atoms with Gasteiger partial charge in [0.1, 0.15) is 0 Å². The van der Waals surface area contributed by atoms with Crippen molar-refractivity contribution in [2.75, 3.05) is 0 Å². The second-order valence-corrected chi connectivity index (χ2v) is 4.96. The Morgan fingerprint density at radius 2 is 2.07 bits per heavy atom. The highest BCUT2D eigenvalue weighted by atomic mass is 16.3. The maximum atomic E-state index is 11.5. The SMILES string of the molecule is CC(C)CCC(=O)N[C@@H]1CCCC[C@H]1O. The Balaban J connectivity index is 2.24. The highest BCUT2D eigenvalue weighted by Crippen LogP contribution is 2.18. The number of nitrogens with one attached hydrogen (secondary N) is 1. The van der Waals surface area contributed by atoms with Gasteiger partial charge in [-0.3, -0.25) is 4.79 Å². The van der Waals surface area contributed by atoms with Crippen LogP contribution in [0.25, 0.3) is 0 Å². The van der Waals surface area contributed by atoms with Crippen molar-refractivity contribution in [2.45, 2.75) is 64.5 Å². The molecule has 0 aromatic rings. The van der Waals surface area contributed by atoms with Crippen LogP contribution in [-0.4, -0.2) is 23.2 Å². The lowest BCUT2D eigenvalue weighted by atomic mass is 9.92. The first-order valence-corrected chi connectivity index (χ1v) is 6.07. The van der Waals surface area contributed by atoms with Crippen LogP contribution in [0.5, 0.6) is 0 Å². The van der Waals surface area contributed by atoms with Crippen molar-refractivity contribution in [1.29, 1.82) is 0 Å². The van der Waals surface area contributed by atoms with Gasteiger partial charge in [-0.25, -0.2) is 0 Å². The summed E-state index contributed by atoms with van der Waals surface area (Å²) >= 11 is 0. The second kappa shape index (κ2) is 6.11. The molecule has 0 aliphatic heterocycles. The van der Waals surface area contributed by atoms with Gasteiger partial charge >= 0.3 is 0 Å². The summed E-state index contributed by atoms with van der Waals surface area (Å²) in [6.07, 6.45) is 5.13. The molecule has 1 amide bonds. The molecule has 2 N–H and O–H groups in total. The van der Waals surface area contributed by atoms with E-state index < -0.39 is 0 Å². The molecule has 1 aliphatic rings. The van der Waals surface area contributed by atoms with Crippen molar-refractivity contribution >= 4 is 5.91 Å².